The number of nitrogens with zero attached hydrogens (tertiary/aromatic N) is 2. The van der Waals surface area contributed by atoms with Crippen LogP contribution in [0.25, 0.3) is 10.2 Å². The van der Waals surface area contributed by atoms with Crippen LogP contribution in [0, 0.1) is 11.8 Å². The summed E-state index contributed by atoms with van der Waals surface area (Å²) in [7, 11) is 0. The number of aromatic nitrogens is 2. The van der Waals surface area contributed by atoms with E-state index in [0.29, 0.717) is 16.5 Å². The van der Waals surface area contributed by atoms with Crippen LogP contribution in [-0.4, -0.2) is 39.0 Å². The van der Waals surface area contributed by atoms with Crippen molar-refractivity contribution in [2.24, 2.45) is 11.8 Å². The number of fused-ring (bicyclic) bond motifs is 3. The number of nitrogens with one attached hydrogen (secondary N) is 1. The number of carbonyl (C=O) groups excluding carboxylic acids is 2. The van der Waals surface area contributed by atoms with Gasteiger partial charge in [0.15, 0.2) is 5.16 Å². The molecule has 2 aromatic heterocycles. The van der Waals surface area contributed by atoms with Gasteiger partial charge in [0.05, 0.1) is 11.3 Å². The minimum atomic E-state index is -0.333. The van der Waals surface area contributed by atoms with Crippen molar-refractivity contribution in [2.75, 3.05) is 12.3 Å². The first kappa shape index (κ1) is 19.9. The fraction of sp³-hybridized carbons (Fsp3) is 0.333. The molecule has 2 atom stereocenters. The van der Waals surface area contributed by atoms with E-state index in [1.54, 1.807) is 11.3 Å². The quantitative estimate of drug-likeness (QED) is 0.426. The molecular weight excluding hydrogens is 442 g/mol. The number of likely N-dealkylation sites (tertiary alicyclic amines) is 1. The molecule has 6 rings (SSSR count). The smallest absolute Gasteiger partial charge is 0.260 e. The maximum absolute atomic E-state index is 13.1. The van der Waals surface area contributed by atoms with Gasteiger partial charge in [-0.05, 0) is 36.8 Å². The van der Waals surface area contributed by atoms with Gasteiger partial charge < -0.3 is 4.98 Å². The molecule has 0 saturated carbocycles. The van der Waals surface area contributed by atoms with Crippen LogP contribution in [0.2, 0.25) is 0 Å². The van der Waals surface area contributed by atoms with Gasteiger partial charge in [-0.3, -0.25) is 19.3 Å². The standard InChI is InChI=1S/C24H21N3O3S2/c28-20-19-14-7-1-2-10-17(14)32-21(19)26-24(25-20)31-12-11-27-22(29)15-8-3-5-13-6-4-9-16(18(13)15)23(27)30/h3-6,8-9,15,18H,1-2,7,10-12H2,(H,25,26,28). The number of allylic oxidation sites excluding steroid dienone is 6. The average Bonchev–Trinajstić information content (AvgIpc) is 3.18. The molecule has 3 aliphatic carbocycles. The zero-order valence-corrected chi connectivity index (χ0v) is 18.9. The summed E-state index contributed by atoms with van der Waals surface area (Å²) in [5.41, 5.74) is 2.77. The number of thioether (sulfide) groups is 1. The fourth-order valence-electron chi connectivity index (χ4n) is 5.13. The van der Waals surface area contributed by atoms with E-state index in [1.807, 2.05) is 36.5 Å². The highest BCUT2D eigenvalue weighted by Gasteiger charge is 2.45. The molecule has 1 saturated heterocycles. The molecule has 0 bridgehead atoms. The van der Waals surface area contributed by atoms with Crippen molar-refractivity contribution in [2.45, 2.75) is 30.8 Å². The first-order valence-corrected chi connectivity index (χ1v) is 12.7. The molecule has 0 spiro atoms. The van der Waals surface area contributed by atoms with Crippen molar-refractivity contribution in [1.29, 1.82) is 0 Å². The number of piperidine rings is 1. The van der Waals surface area contributed by atoms with Gasteiger partial charge in [-0.1, -0.05) is 48.2 Å². The van der Waals surface area contributed by atoms with Crippen LogP contribution in [0.1, 0.15) is 23.3 Å². The predicted molar refractivity (Wildman–Crippen MR) is 126 cm³/mol. The summed E-state index contributed by atoms with van der Waals surface area (Å²) in [6.45, 7) is 0.280. The number of carbonyl (C=O) groups is 2. The van der Waals surface area contributed by atoms with Crippen LogP contribution in [0.3, 0.4) is 0 Å². The number of aromatic amines is 1. The lowest BCUT2D eigenvalue weighted by Gasteiger charge is -2.39. The topological polar surface area (TPSA) is 83.1 Å². The van der Waals surface area contributed by atoms with Gasteiger partial charge in [0.1, 0.15) is 4.83 Å². The minimum absolute atomic E-state index is 0.0873. The number of hydrogen-bond donors (Lipinski definition) is 1. The summed E-state index contributed by atoms with van der Waals surface area (Å²) in [6.07, 6.45) is 15.7. The largest absolute Gasteiger partial charge is 0.301 e. The molecule has 1 aliphatic heterocycles. The maximum Gasteiger partial charge on any atom is 0.260 e. The number of amides is 2. The highest BCUT2D eigenvalue weighted by atomic mass is 32.2. The summed E-state index contributed by atoms with van der Waals surface area (Å²) in [5.74, 6) is -0.396. The Balaban J connectivity index is 1.21. The van der Waals surface area contributed by atoms with Crippen LogP contribution in [0.5, 0.6) is 0 Å². The van der Waals surface area contributed by atoms with Crippen LogP contribution < -0.4 is 5.56 Å². The number of rotatable bonds is 4. The van der Waals surface area contributed by atoms with E-state index in [-0.39, 0.29) is 35.8 Å². The van der Waals surface area contributed by atoms with Crippen LogP contribution >= 0.6 is 23.1 Å². The van der Waals surface area contributed by atoms with E-state index >= 15 is 0 Å². The van der Waals surface area contributed by atoms with Gasteiger partial charge in [-0.15, -0.1) is 11.3 Å². The first-order chi connectivity index (χ1) is 15.6. The SMILES string of the molecule is O=C1C2=CC=CC3=CC=CC(C(=O)N1CCSc1nc4sc5c(c4c(=O)[nH]1)CCCC5)C32. The van der Waals surface area contributed by atoms with Gasteiger partial charge in [0.25, 0.3) is 11.5 Å². The fourth-order valence-corrected chi connectivity index (χ4v) is 7.24. The second kappa shape index (κ2) is 7.71. The number of hydrogen-bond acceptors (Lipinski definition) is 6. The van der Waals surface area contributed by atoms with Gasteiger partial charge in [0.2, 0.25) is 5.91 Å². The lowest BCUT2D eigenvalue weighted by atomic mass is 9.71. The molecule has 1 N–H and O–H groups in total. The van der Waals surface area contributed by atoms with Gasteiger partial charge in [-0.2, -0.15) is 0 Å². The monoisotopic (exact) mass is 463 g/mol. The number of thiophene rings is 1. The predicted octanol–water partition coefficient (Wildman–Crippen LogP) is 3.55. The Morgan fingerprint density at radius 2 is 2.03 bits per heavy atom. The Morgan fingerprint density at radius 3 is 2.94 bits per heavy atom. The highest BCUT2D eigenvalue weighted by Crippen LogP contribution is 2.41. The summed E-state index contributed by atoms with van der Waals surface area (Å²) in [4.78, 5) is 49.9. The molecule has 32 heavy (non-hydrogen) atoms. The van der Waals surface area contributed by atoms with Crippen molar-refractivity contribution in [3.05, 3.63) is 68.4 Å². The third-order valence-corrected chi connectivity index (χ3v) is 8.66. The Hall–Kier alpha value is -2.71. The molecule has 3 heterocycles. The third kappa shape index (κ3) is 3.08. The van der Waals surface area contributed by atoms with Crippen LogP contribution in [-0.2, 0) is 22.4 Å². The first-order valence-electron chi connectivity index (χ1n) is 10.9. The van der Waals surface area contributed by atoms with Gasteiger partial charge in [0, 0.05) is 28.7 Å². The number of imide groups is 1. The van der Waals surface area contributed by atoms with Gasteiger partial charge in [-0.25, -0.2) is 4.98 Å². The lowest BCUT2D eigenvalue weighted by molar-refractivity contribution is -0.148. The lowest BCUT2D eigenvalue weighted by Crippen LogP contribution is -2.51. The minimum Gasteiger partial charge on any atom is -0.301 e. The van der Waals surface area contributed by atoms with Crippen molar-refractivity contribution >= 4 is 45.1 Å². The highest BCUT2D eigenvalue weighted by molar-refractivity contribution is 7.99. The van der Waals surface area contributed by atoms with E-state index in [4.69, 9.17) is 0 Å². The van der Waals surface area contributed by atoms with Crippen LogP contribution in [0.4, 0.5) is 0 Å². The van der Waals surface area contributed by atoms with E-state index in [0.717, 1.165) is 41.5 Å². The zero-order valence-electron chi connectivity index (χ0n) is 17.3. The summed E-state index contributed by atoms with van der Waals surface area (Å²) in [6, 6.07) is 0. The van der Waals surface area contributed by atoms with E-state index in [2.05, 4.69) is 9.97 Å². The van der Waals surface area contributed by atoms with E-state index < -0.39 is 0 Å². The molecule has 162 valence electrons. The second-order valence-electron chi connectivity index (χ2n) is 8.44. The Labute approximate surface area is 192 Å². The zero-order chi connectivity index (χ0) is 21.8. The summed E-state index contributed by atoms with van der Waals surface area (Å²) >= 11 is 3.00. The van der Waals surface area contributed by atoms with Crippen molar-refractivity contribution in [3.8, 4) is 0 Å². The Bertz CT molecular complexity index is 1340. The van der Waals surface area contributed by atoms with Crippen molar-refractivity contribution < 1.29 is 9.59 Å². The molecule has 0 aromatic carbocycles. The second-order valence-corrected chi connectivity index (χ2v) is 10.6. The molecule has 1 fully saturated rings. The summed E-state index contributed by atoms with van der Waals surface area (Å²) < 4.78 is 0. The Kier molecular flexibility index (Phi) is 4.80. The normalized spacial score (nSPS) is 23.8. The molecule has 6 nitrogen and oxygen atoms in total. The van der Waals surface area contributed by atoms with Crippen molar-refractivity contribution in [1.82, 2.24) is 14.9 Å². The van der Waals surface area contributed by atoms with E-state index in [1.165, 1.54) is 27.1 Å². The molecule has 2 amide bonds. The van der Waals surface area contributed by atoms with Gasteiger partial charge >= 0.3 is 0 Å². The maximum atomic E-state index is 13.1. The number of aryl methyl sites for hydroxylation is 2. The third-order valence-electron chi connectivity index (χ3n) is 6.63. The van der Waals surface area contributed by atoms with E-state index in [9.17, 15) is 14.4 Å². The van der Waals surface area contributed by atoms with Crippen molar-refractivity contribution in [3.63, 3.8) is 0 Å². The average molecular weight is 464 g/mol. The van der Waals surface area contributed by atoms with Crippen LogP contribution in [0.15, 0.2) is 57.6 Å². The molecule has 2 aromatic rings. The molecule has 0 radical (unpaired) electrons. The Morgan fingerprint density at radius 1 is 1.16 bits per heavy atom. The molecule has 2 unspecified atom stereocenters. The molecular formula is C24H21N3O3S2. The summed E-state index contributed by atoms with van der Waals surface area (Å²) in [5, 5.41) is 1.28. The molecule has 8 heteroatoms. The molecule has 4 aliphatic rings. The number of H-pyrrole nitrogens is 1.